The van der Waals surface area contributed by atoms with Gasteiger partial charge < -0.3 is 5.32 Å². The van der Waals surface area contributed by atoms with Gasteiger partial charge in [0.1, 0.15) is 0 Å². The third-order valence-corrected chi connectivity index (χ3v) is 2.54. The van der Waals surface area contributed by atoms with E-state index < -0.39 is 11.7 Å². The van der Waals surface area contributed by atoms with E-state index >= 15 is 0 Å². The van der Waals surface area contributed by atoms with Gasteiger partial charge in [-0.05, 0) is 30.2 Å². The lowest BCUT2D eigenvalue weighted by Crippen LogP contribution is -2.06. The number of hydrogen-bond acceptors (Lipinski definition) is 1. The van der Waals surface area contributed by atoms with Crippen molar-refractivity contribution in [3.63, 3.8) is 0 Å². The summed E-state index contributed by atoms with van der Waals surface area (Å²) in [5.41, 5.74) is 1.16. The lowest BCUT2D eigenvalue weighted by molar-refractivity contribution is -0.137. The van der Waals surface area contributed by atoms with E-state index in [0.717, 1.165) is 17.2 Å². The summed E-state index contributed by atoms with van der Waals surface area (Å²) in [4.78, 5) is 0. The molecule has 2 rings (SSSR count). The van der Waals surface area contributed by atoms with Crippen LogP contribution in [0.15, 0.2) is 18.2 Å². The summed E-state index contributed by atoms with van der Waals surface area (Å²) in [5.74, 6) is 0. The molecular weight excluding hydrogens is 191 g/mol. The van der Waals surface area contributed by atoms with E-state index in [-0.39, 0.29) is 6.04 Å². The fourth-order valence-corrected chi connectivity index (χ4v) is 1.73. The molecule has 1 aromatic rings. The summed E-state index contributed by atoms with van der Waals surface area (Å²) in [6.07, 6.45) is -4.24. The maximum absolute atomic E-state index is 12.3. The highest BCUT2D eigenvalue weighted by Gasteiger charge is 2.32. The van der Waals surface area contributed by atoms with E-state index in [1.165, 1.54) is 6.07 Å². The van der Waals surface area contributed by atoms with Crippen LogP contribution in [0.5, 0.6) is 0 Å². The van der Waals surface area contributed by atoms with E-state index in [2.05, 4.69) is 5.32 Å². The molecule has 0 spiro atoms. The molecule has 1 aromatic carbocycles. The van der Waals surface area contributed by atoms with Crippen LogP contribution in [-0.4, -0.2) is 0 Å². The second kappa shape index (κ2) is 2.98. The Morgan fingerprint density at radius 2 is 2.07 bits per heavy atom. The maximum Gasteiger partial charge on any atom is 0.416 e. The third kappa shape index (κ3) is 1.50. The molecule has 0 aliphatic carbocycles. The molecule has 0 saturated heterocycles. The number of halogens is 3. The van der Waals surface area contributed by atoms with Gasteiger partial charge in [-0.2, -0.15) is 13.2 Å². The smallest absolute Gasteiger partial charge is 0.306 e. The molecule has 0 unspecified atom stereocenters. The maximum atomic E-state index is 12.3. The Bertz CT molecular complexity index is 357. The van der Waals surface area contributed by atoms with Gasteiger partial charge in [0.25, 0.3) is 0 Å². The second-order valence-electron chi connectivity index (χ2n) is 3.51. The molecule has 0 bridgehead atoms. The van der Waals surface area contributed by atoms with Crippen molar-refractivity contribution >= 4 is 0 Å². The van der Waals surface area contributed by atoms with Crippen molar-refractivity contribution < 1.29 is 13.2 Å². The summed E-state index contributed by atoms with van der Waals surface area (Å²) in [6.45, 7) is 2.47. The highest BCUT2D eigenvalue weighted by Crippen LogP contribution is 2.33. The molecule has 0 radical (unpaired) electrons. The second-order valence-corrected chi connectivity index (χ2v) is 3.51. The largest absolute Gasteiger partial charge is 0.416 e. The Kier molecular flexibility index (Phi) is 2.03. The monoisotopic (exact) mass is 201 g/mol. The van der Waals surface area contributed by atoms with Gasteiger partial charge >= 0.3 is 6.18 Å². The number of fused-ring (bicyclic) bond motifs is 1. The number of rotatable bonds is 0. The molecule has 76 valence electrons. The molecule has 0 saturated carbocycles. The van der Waals surface area contributed by atoms with Crippen LogP contribution >= 0.6 is 0 Å². The lowest BCUT2D eigenvalue weighted by atomic mass is 10.0. The molecule has 0 aromatic heterocycles. The van der Waals surface area contributed by atoms with E-state index in [1.54, 1.807) is 6.07 Å². The summed E-state index contributed by atoms with van der Waals surface area (Å²) in [5, 5.41) is 3.10. The standard InChI is InChI=1S/C10H10F3N/c1-6-9-3-2-8(10(11,12)13)4-7(9)5-14-6/h2-4,6,14H,5H2,1H3/t6-/m0/s1. The van der Waals surface area contributed by atoms with Gasteiger partial charge in [0.05, 0.1) is 5.56 Å². The van der Waals surface area contributed by atoms with Gasteiger partial charge in [0, 0.05) is 12.6 Å². The number of benzene rings is 1. The first-order valence-corrected chi connectivity index (χ1v) is 4.42. The Morgan fingerprint density at radius 3 is 2.71 bits per heavy atom. The summed E-state index contributed by atoms with van der Waals surface area (Å²) < 4.78 is 37.0. The van der Waals surface area contributed by atoms with Gasteiger partial charge in [0.2, 0.25) is 0 Å². The third-order valence-electron chi connectivity index (χ3n) is 2.54. The van der Waals surface area contributed by atoms with Crippen LogP contribution in [0.25, 0.3) is 0 Å². The van der Waals surface area contributed by atoms with Crippen LogP contribution in [0.4, 0.5) is 13.2 Å². The topological polar surface area (TPSA) is 12.0 Å². The fourth-order valence-electron chi connectivity index (χ4n) is 1.73. The van der Waals surface area contributed by atoms with Gasteiger partial charge in [-0.1, -0.05) is 6.07 Å². The van der Waals surface area contributed by atoms with E-state index in [9.17, 15) is 13.2 Å². The van der Waals surface area contributed by atoms with Gasteiger partial charge in [0.15, 0.2) is 0 Å². The first-order chi connectivity index (χ1) is 6.48. The summed E-state index contributed by atoms with van der Waals surface area (Å²) in [7, 11) is 0. The SMILES string of the molecule is C[C@@H]1NCc2cc(C(F)(F)F)ccc21. The van der Waals surface area contributed by atoms with Crippen LogP contribution in [0.3, 0.4) is 0 Å². The highest BCUT2D eigenvalue weighted by molar-refractivity contribution is 5.37. The van der Waals surface area contributed by atoms with Gasteiger partial charge in [-0.3, -0.25) is 0 Å². The Labute approximate surface area is 79.9 Å². The van der Waals surface area contributed by atoms with Crippen LogP contribution in [0.1, 0.15) is 29.7 Å². The number of hydrogen-bond donors (Lipinski definition) is 1. The van der Waals surface area contributed by atoms with Crippen LogP contribution in [0.2, 0.25) is 0 Å². The molecular formula is C10H10F3N. The van der Waals surface area contributed by atoms with Gasteiger partial charge in [-0.15, -0.1) is 0 Å². The zero-order valence-corrected chi connectivity index (χ0v) is 7.65. The first kappa shape index (κ1) is 9.52. The van der Waals surface area contributed by atoms with Crippen molar-refractivity contribution in [1.29, 1.82) is 0 Å². The zero-order valence-electron chi connectivity index (χ0n) is 7.65. The minimum absolute atomic E-state index is 0.160. The molecule has 14 heavy (non-hydrogen) atoms. The number of nitrogens with one attached hydrogen (secondary N) is 1. The molecule has 0 fully saturated rings. The fraction of sp³-hybridized carbons (Fsp3) is 0.400. The van der Waals surface area contributed by atoms with Crippen molar-refractivity contribution in [2.75, 3.05) is 0 Å². The Balaban J connectivity index is 2.42. The average Bonchev–Trinajstić information content (AvgIpc) is 2.46. The van der Waals surface area contributed by atoms with E-state index in [0.29, 0.717) is 6.54 Å². The highest BCUT2D eigenvalue weighted by atomic mass is 19.4. The van der Waals surface area contributed by atoms with E-state index in [1.807, 2.05) is 6.92 Å². The molecule has 1 aliphatic rings. The quantitative estimate of drug-likeness (QED) is 0.680. The minimum Gasteiger partial charge on any atom is -0.306 e. The molecule has 4 heteroatoms. The molecule has 1 heterocycles. The summed E-state index contributed by atoms with van der Waals surface area (Å²) in [6, 6.07) is 4.09. The molecule has 1 N–H and O–H groups in total. The average molecular weight is 201 g/mol. The Morgan fingerprint density at radius 1 is 1.36 bits per heavy atom. The van der Waals surface area contributed by atoms with Crippen LogP contribution in [-0.2, 0) is 12.7 Å². The first-order valence-electron chi connectivity index (χ1n) is 4.42. The molecule has 0 amide bonds. The van der Waals surface area contributed by atoms with Crippen LogP contribution in [0, 0.1) is 0 Å². The van der Waals surface area contributed by atoms with E-state index in [4.69, 9.17) is 0 Å². The minimum atomic E-state index is -4.24. The van der Waals surface area contributed by atoms with Crippen molar-refractivity contribution in [3.05, 3.63) is 34.9 Å². The predicted octanol–water partition coefficient (Wildman–Crippen LogP) is 2.87. The van der Waals surface area contributed by atoms with Crippen molar-refractivity contribution in [2.24, 2.45) is 0 Å². The lowest BCUT2D eigenvalue weighted by Gasteiger charge is -2.09. The normalized spacial score (nSPS) is 21.0. The Hall–Kier alpha value is -1.03. The molecule has 1 atom stereocenters. The van der Waals surface area contributed by atoms with Gasteiger partial charge in [-0.25, -0.2) is 0 Å². The molecule has 1 nitrogen and oxygen atoms in total. The molecule has 1 aliphatic heterocycles. The summed E-state index contributed by atoms with van der Waals surface area (Å²) >= 11 is 0. The van der Waals surface area contributed by atoms with Crippen LogP contribution < -0.4 is 5.32 Å². The van der Waals surface area contributed by atoms with Crippen molar-refractivity contribution in [2.45, 2.75) is 25.7 Å². The zero-order chi connectivity index (χ0) is 10.3. The predicted molar refractivity (Wildman–Crippen MR) is 46.7 cm³/mol. The van der Waals surface area contributed by atoms with Crippen molar-refractivity contribution in [3.8, 4) is 0 Å². The number of alkyl halides is 3. The van der Waals surface area contributed by atoms with Crippen molar-refractivity contribution in [1.82, 2.24) is 5.32 Å².